The van der Waals surface area contributed by atoms with E-state index in [4.69, 9.17) is 0 Å². The molecule has 0 spiro atoms. The quantitative estimate of drug-likeness (QED) is 0.638. The maximum absolute atomic E-state index is 11.6. The highest BCUT2D eigenvalue weighted by Crippen LogP contribution is 2.37. The Labute approximate surface area is 108 Å². The molecule has 0 bridgehead atoms. The summed E-state index contributed by atoms with van der Waals surface area (Å²) < 4.78 is 0. The van der Waals surface area contributed by atoms with Gasteiger partial charge in [-0.3, -0.25) is 9.59 Å². The summed E-state index contributed by atoms with van der Waals surface area (Å²) in [6.45, 7) is 4.94. The van der Waals surface area contributed by atoms with Gasteiger partial charge >= 0.3 is 5.97 Å². The van der Waals surface area contributed by atoms with Crippen LogP contribution in [0.3, 0.4) is 0 Å². The minimum atomic E-state index is -0.777. The number of amides is 1. The van der Waals surface area contributed by atoms with E-state index in [1.165, 1.54) is 0 Å². The molecule has 1 fully saturated rings. The summed E-state index contributed by atoms with van der Waals surface area (Å²) in [4.78, 5) is 22.9. The van der Waals surface area contributed by atoms with E-state index in [1.807, 2.05) is 13.8 Å². The number of hydrogen-bond acceptors (Lipinski definition) is 3. The second-order valence-electron chi connectivity index (χ2n) is 5.43. The lowest BCUT2D eigenvalue weighted by atomic mass is 9.86. The number of hydrogen-bond donors (Lipinski definition) is 3. The zero-order valence-corrected chi connectivity index (χ0v) is 11.3. The average Bonchev–Trinajstić information content (AvgIpc) is 2.75. The topological polar surface area (TPSA) is 78.4 Å². The van der Waals surface area contributed by atoms with Crippen LogP contribution in [0.2, 0.25) is 0 Å². The monoisotopic (exact) mass is 256 g/mol. The minimum absolute atomic E-state index is 0.0734. The zero-order chi connectivity index (χ0) is 13.6. The van der Waals surface area contributed by atoms with Crippen molar-refractivity contribution in [2.45, 2.75) is 52.0 Å². The third kappa shape index (κ3) is 4.29. The highest BCUT2D eigenvalue weighted by Gasteiger charge is 2.41. The number of nitrogens with one attached hydrogen (secondary N) is 2. The Balaban J connectivity index is 2.30. The van der Waals surface area contributed by atoms with Crippen molar-refractivity contribution < 1.29 is 14.7 Å². The predicted molar refractivity (Wildman–Crippen MR) is 69.3 cm³/mol. The van der Waals surface area contributed by atoms with E-state index in [0.717, 1.165) is 12.8 Å². The van der Waals surface area contributed by atoms with Crippen LogP contribution in [0.15, 0.2) is 0 Å². The first-order valence-electron chi connectivity index (χ1n) is 6.70. The summed E-state index contributed by atoms with van der Waals surface area (Å²) in [6.07, 6.45) is 3.63. The first-order valence-corrected chi connectivity index (χ1v) is 6.70. The molecule has 104 valence electrons. The molecule has 0 aromatic heterocycles. The van der Waals surface area contributed by atoms with Gasteiger partial charge < -0.3 is 15.7 Å². The van der Waals surface area contributed by atoms with Crippen LogP contribution in [0.4, 0.5) is 0 Å². The van der Waals surface area contributed by atoms with Crippen LogP contribution in [-0.4, -0.2) is 36.1 Å². The second kappa shape index (κ2) is 6.73. The third-order valence-corrected chi connectivity index (χ3v) is 3.54. The molecule has 18 heavy (non-hydrogen) atoms. The van der Waals surface area contributed by atoms with Crippen molar-refractivity contribution >= 4 is 11.9 Å². The number of carbonyl (C=O) groups excluding carboxylic acids is 1. The van der Waals surface area contributed by atoms with Crippen molar-refractivity contribution in [1.29, 1.82) is 0 Å². The van der Waals surface area contributed by atoms with E-state index < -0.39 is 11.4 Å². The van der Waals surface area contributed by atoms with Crippen molar-refractivity contribution in [3.63, 3.8) is 0 Å². The average molecular weight is 256 g/mol. The van der Waals surface area contributed by atoms with Gasteiger partial charge in [0.2, 0.25) is 5.91 Å². The normalized spacial score (nSPS) is 17.9. The molecular formula is C13H24N2O3. The van der Waals surface area contributed by atoms with Crippen LogP contribution >= 0.6 is 0 Å². The summed E-state index contributed by atoms with van der Waals surface area (Å²) >= 11 is 0. The van der Waals surface area contributed by atoms with Crippen molar-refractivity contribution in [2.24, 2.45) is 5.41 Å². The van der Waals surface area contributed by atoms with Crippen molar-refractivity contribution in [3.05, 3.63) is 0 Å². The van der Waals surface area contributed by atoms with Crippen LogP contribution in [0.5, 0.6) is 0 Å². The number of rotatable bonds is 7. The largest absolute Gasteiger partial charge is 0.481 e. The lowest BCUT2D eigenvalue weighted by Gasteiger charge is -2.24. The molecule has 1 aliphatic carbocycles. The Morgan fingerprint density at radius 2 is 1.89 bits per heavy atom. The van der Waals surface area contributed by atoms with Gasteiger partial charge in [-0.1, -0.05) is 26.7 Å². The van der Waals surface area contributed by atoms with Crippen molar-refractivity contribution in [1.82, 2.24) is 10.6 Å². The van der Waals surface area contributed by atoms with Crippen LogP contribution in [0.1, 0.15) is 46.0 Å². The first-order chi connectivity index (χ1) is 8.46. The van der Waals surface area contributed by atoms with Gasteiger partial charge in [-0.25, -0.2) is 0 Å². The summed E-state index contributed by atoms with van der Waals surface area (Å²) in [5.41, 5.74) is -0.721. The van der Waals surface area contributed by atoms with Gasteiger partial charge in [-0.05, 0) is 12.8 Å². The summed E-state index contributed by atoms with van der Waals surface area (Å²) in [5, 5.41) is 15.2. The van der Waals surface area contributed by atoms with Gasteiger partial charge in [0.1, 0.15) is 0 Å². The molecule has 0 unspecified atom stereocenters. The lowest BCUT2D eigenvalue weighted by Crippen LogP contribution is -2.42. The molecule has 0 saturated heterocycles. The minimum Gasteiger partial charge on any atom is -0.481 e. The molecule has 1 amide bonds. The standard InChI is InChI=1S/C13H24N2O3/c1-10(2)14-8-5-11(16)15-9-13(12(17)18)6-3-4-7-13/h10,14H,3-9H2,1-2H3,(H,15,16)(H,17,18). The Morgan fingerprint density at radius 1 is 1.28 bits per heavy atom. The fourth-order valence-corrected chi connectivity index (χ4v) is 2.35. The van der Waals surface area contributed by atoms with Crippen LogP contribution in [0, 0.1) is 5.41 Å². The van der Waals surface area contributed by atoms with Crippen molar-refractivity contribution in [3.8, 4) is 0 Å². The van der Waals surface area contributed by atoms with E-state index in [9.17, 15) is 14.7 Å². The first kappa shape index (κ1) is 15.0. The molecular weight excluding hydrogens is 232 g/mol. The number of aliphatic carboxylic acids is 1. The Bertz CT molecular complexity index is 297. The van der Waals surface area contributed by atoms with E-state index in [2.05, 4.69) is 10.6 Å². The zero-order valence-electron chi connectivity index (χ0n) is 11.3. The molecule has 0 aliphatic heterocycles. The van der Waals surface area contributed by atoms with Gasteiger partial charge in [0, 0.05) is 25.6 Å². The van der Waals surface area contributed by atoms with Gasteiger partial charge in [0.15, 0.2) is 0 Å². The van der Waals surface area contributed by atoms with Crippen LogP contribution in [0.25, 0.3) is 0 Å². The molecule has 0 aromatic rings. The Hall–Kier alpha value is -1.10. The van der Waals surface area contributed by atoms with E-state index >= 15 is 0 Å². The predicted octanol–water partition coefficient (Wildman–Crippen LogP) is 1.14. The molecule has 0 heterocycles. The maximum Gasteiger partial charge on any atom is 0.311 e. The van der Waals surface area contributed by atoms with Crippen LogP contribution in [-0.2, 0) is 9.59 Å². The molecule has 0 radical (unpaired) electrons. The summed E-state index contributed by atoms with van der Waals surface area (Å²) in [5.74, 6) is -0.851. The Kier molecular flexibility index (Phi) is 5.59. The van der Waals surface area contributed by atoms with E-state index in [-0.39, 0.29) is 12.5 Å². The van der Waals surface area contributed by atoms with Gasteiger partial charge in [-0.2, -0.15) is 0 Å². The highest BCUT2D eigenvalue weighted by atomic mass is 16.4. The van der Waals surface area contributed by atoms with Crippen molar-refractivity contribution in [2.75, 3.05) is 13.1 Å². The molecule has 0 atom stereocenters. The summed E-state index contributed by atoms with van der Waals surface area (Å²) in [7, 11) is 0. The number of carbonyl (C=O) groups is 2. The second-order valence-corrected chi connectivity index (χ2v) is 5.43. The van der Waals surface area contributed by atoms with Gasteiger partial charge in [0.25, 0.3) is 0 Å². The fraction of sp³-hybridized carbons (Fsp3) is 0.846. The SMILES string of the molecule is CC(C)NCCC(=O)NCC1(C(=O)O)CCCC1. The smallest absolute Gasteiger partial charge is 0.311 e. The molecule has 5 nitrogen and oxygen atoms in total. The number of carboxylic acids is 1. The Morgan fingerprint density at radius 3 is 2.39 bits per heavy atom. The van der Waals surface area contributed by atoms with E-state index in [0.29, 0.717) is 31.8 Å². The molecule has 3 N–H and O–H groups in total. The maximum atomic E-state index is 11.6. The van der Waals surface area contributed by atoms with E-state index in [1.54, 1.807) is 0 Å². The molecule has 1 saturated carbocycles. The third-order valence-electron chi connectivity index (χ3n) is 3.54. The molecule has 1 aliphatic rings. The molecule has 0 aromatic carbocycles. The molecule has 1 rings (SSSR count). The lowest BCUT2D eigenvalue weighted by molar-refractivity contribution is -0.148. The van der Waals surface area contributed by atoms with Gasteiger partial charge in [0.05, 0.1) is 5.41 Å². The fourth-order valence-electron chi connectivity index (χ4n) is 2.35. The van der Waals surface area contributed by atoms with Crippen LogP contribution < -0.4 is 10.6 Å². The summed E-state index contributed by atoms with van der Waals surface area (Å²) in [6, 6.07) is 0.359. The van der Waals surface area contributed by atoms with Gasteiger partial charge in [-0.15, -0.1) is 0 Å². The number of carboxylic acid groups (broad SMARTS) is 1. The highest BCUT2D eigenvalue weighted by molar-refractivity contribution is 5.79. The molecule has 5 heteroatoms.